The smallest absolute Gasteiger partial charge is 0.163 e. The highest BCUT2D eigenvalue weighted by Crippen LogP contribution is 2.30. The monoisotopic (exact) mass is 421 g/mol. The average molecular weight is 422 g/mol. The largest absolute Gasteiger partial charge is 0.311 e. The fourth-order valence-electron chi connectivity index (χ4n) is 4.25. The summed E-state index contributed by atoms with van der Waals surface area (Å²) in [6.45, 7) is 2.68. The number of hydrogen-bond donors (Lipinski definition) is 2. The fraction of sp³-hybridized carbons (Fsp3) is 0.286. The van der Waals surface area contributed by atoms with Crippen LogP contribution in [0.4, 0.5) is 0 Å². The van der Waals surface area contributed by atoms with Gasteiger partial charge in [0.1, 0.15) is 6.67 Å². The minimum Gasteiger partial charge on any atom is -0.311 e. The first kappa shape index (κ1) is 15.7. The van der Waals surface area contributed by atoms with Gasteiger partial charge in [-0.2, -0.15) is 5.10 Å². The van der Waals surface area contributed by atoms with Crippen molar-refractivity contribution in [2.75, 3.05) is 6.54 Å². The Balaban J connectivity index is 1.74. The van der Waals surface area contributed by atoms with Crippen molar-refractivity contribution in [1.29, 1.82) is 0 Å². The Labute approximate surface area is 164 Å². The second-order valence-electron chi connectivity index (χ2n) is 7.60. The molecule has 1 saturated carbocycles. The van der Waals surface area contributed by atoms with Gasteiger partial charge in [0.05, 0.1) is 16.6 Å². The van der Waals surface area contributed by atoms with Gasteiger partial charge in [-0.1, -0.05) is 28.1 Å². The van der Waals surface area contributed by atoms with Crippen LogP contribution >= 0.6 is 15.9 Å². The molecule has 3 heterocycles. The highest BCUT2D eigenvalue weighted by molar-refractivity contribution is 9.10. The maximum Gasteiger partial charge on any atom is 0.163 e. The summed E-state index contributed by atoms with van der Waals surface area (Å²) >= 11 is 3.68. The summed E-state index contributed by atoms with van der Waals surface area (Å²) < 4.78 is 5.78. The van der Waals surface area contributed by atoms with E-state index >= 15 is 0 Å². The lowest BCUT2D eigenvalue weighted by atomic mass is 10.2. The molecule has 0 spiro atoms. The van der Waals surface area contributed by atoms with Crippen LogP contribution in [0, 0.1) is 5.92 Å². The zero-order valence-corrected chi connectivity index (χ0v) is 16.5. The molecule has 4 aromatic rings. The van der Waals surface area contributed by atoms with Gasteiger partial charge in [-0.3, -0.25) is 5.43 Å². The van der Waals surface area contributed by atoms with Gasteiger partial charge in [0.15, 0.2) is 5.49 Å². The van der Waals surface area contributed by atoms with E-state index in [0.717, 1.165) is 29.0 Å². The standard InChI is InChI=1S/C21H20BrN5/c22-15-6-7-18-19(9-15)27-16(11-23-10-13-4-5-13)8-14-2-1-3-17(20(14)27)21-25-24-12-26(18)21/h1-3,6-9,13,23-24H,4-5,10-12H2. The van der Waals surface area contributed by atoms with Crippen LogP contribution in [0.5, 0.6) is 0 Å². The molecule has 2 aromatic heterocycles. The fourth-order valence-corrected chi connectivity index (χ4v) is 4.60. The number of para-hydroxylation sites is 1. The van der Waals surface area contributed by atoms with Crippen LogP contribution in [-0.2, 0) is 13.2 Å². The predicted octanol–water partition coefficient (Wildman–Crippen LogP) is 3.69. The van der Waals surface area contributed by atoms with E-state index in [4.69, 9.17) is 0 Å². The topological polar surface area (TPSA) is 45.8 Å². The summed E-state index contributed by atoms with van der Waals surface area (Å²) in [5.41, 5.74) is 9.08. The predicted molar refractivity (Wildman–Crippen MR) is 111 cm³/mol. The molecule has 5 nitrogen and oxygen atoms in total. The van der Waals surface area contributed by atoms with Crippen molar-refractivity contribution in [2.45, 2.75) is 26.1 Å². The molecule has 0 amide bonds. The van der Waals surface area contributed by atoms with Crippen LogP contribution < -0.4 is 16.2 Å². The summed E-state index contributed by atoms with van der Waals surface area (Å²) in [7, 11) is 0. The molecule has 27 heavy (non-hydrogen) atoms. The first-order valence-corrected chi connectivity index (χ1v) is 10.3. The summed E-state index contributed by atoms with van der Waals surface area (Å²) in [5.74, 6) is 0.876. The molecule has 0 bridgehead atoms. The molecule has 2 N–H and O–H groups in total. The highest BCUT2D eigenvalue weighted by atomic mass is 79.9. The zero-order valence-electron chi connectivity index (χ0n) is 14.9. The maximum absolute atomic E-state index is 4.62. The van der Waals surface area contributed by atoms with Gasteiger partial charge in [0, 0.05) is 27.5 Å². The summed E-state index contributed by atoms with van der Waals surface area (Å²) in [6.07, 6.45) is 2.75. The van der Waals surface area contributed by atoms with Crippen molar-refractivity contribution < 1.29 is 0 Å². The third-order valence-electron chi connectivity index (χ3n) is 5.72. The van der Waals surface area contributed by atoms with Gasteiger partial charge in [0.2, 0.25) is 0 Å². The van der Waals surface area contributed by atoms with Crippen molar-refractivity contribution in [3.63, 3.8) is 0 Å². The minimum absolute atomic E-state index is 0.695. The number of nitrogens with zero attached hydrogens (tertiary/aromatic N) is 3. The van der Waals surface area contributed by atoms with Crippen LogP contribution in [0.1, 0.15) is 18.5 Å². The molecule has 0 unspecified atom stereocenters. The zero-order chi connectivity index (χ0) is 18.0. The van der Waals surface area contributed by atoms with Crippen LogP contribution in [-0.4, -0.2) is 15.5 Å². The van der Waals surface area contributed by atoms with Gasteiger partial charge in [0.25, 0.3) is 0 Å². The van der Waals surface area contributed by atoms with Gasteiger partial charge in [-0.25, -0.2) is 0 Å². The molecular formula is C21H20BrN5. The molecule has 1 aliphatic heterocycles. The number of fused-ring (bicyclic) bond motifs is 5. The second kappa shape index (κ2) is 5.84. The minimum atomic E-state index is 0.695. The number of halogens is 1. The van der Waals surface area contributed by atoms with E-state index in [0.29, 0.717) is 6.67 Å². The lowest BCUT2D eigenvalue weighted by molar-refractivity contribution is 0.629. The summed E-state index contributed by atoms with van der Waals surface area (Å²) in [5, 5.41) is 10.7. The lowest BCUT2D eigenvalue weighted by Gasteiger charge is -2.08. The summed E-state index contributed by atoms with van der Waals surface area (Å²) in [6, 6.07) is 15.3. The van der Waals surface area contributed by atoms with Crippen molar-refractivity contribution in [3.8, 4) is 0 Å². The molecule has 1 fully saturated rings. The van der Waals surface area contributed by atoms with Gasteiger partial charge >= 0.3 is 0 Å². The first-order chi connectivity index (χ1) is 13.3. The highest BCUT2D eigenvalue weighted by Gasteiger charge is 2.21. The van der Waals surface area contributed by atoms with Crippen molar-refractivity contribution in [2.24, 2.45) is 11.0 Å². The molecule has 6 rings (SSSR count). The molecule has 2 aliphatic rings. The lowest BCUT2D eigenvalue weighted by Crippen LogP contribution is -2.17. The third kappa shape index (κ3) is 2.43. The van der Waals surface area contributed by atoms with E-state index < -0.39 is 0 Å². The van der Waals surface area contributed by atoms with Crippen molar-refractivity contribution in [3.05, 3.63) is 58.1 Å². The van der Waals surface area contributed by atoms with Crippen LogP contribution in [0.2, 0.25) is 0 Å². The molecule has 6 heteroatoms. The van der Waals surface area contributed by atoms with E-state index in [1.54, 1.807) is 0 Å². The van der Waals surface area contributed by atoms with E-state index in [-0.39, 0.29) is 0 Å². The van der Waals surface area contributed by atoms with Gasteiger partial charge in [-0.15, -0.1) is 0 Å². The Morgan fingerprint density at radius 3 is 2.96 bits per heavy atom. The van der Waals surface area contributed by atoms with E-state index in [1.807, 2.05) is 0 Å². The van der Waals surface area contributed by atoms with Gasteiger partial charge in [-0.05, 0) is 55.6 Å². The number of benzene rings is 2. The van der Waals surface area contributed by atoms with E-state index in [9.17, 15) is 0 Å². The number of aromatic nitrogens is 2. The maximum atomic E-state index is 4.62. The Morgan fingerprint density at radius 1 is 1.15 bits per heavy atom. The normalized spacial score (nSPS) is 16.0. The molecule has 0 atom stereocenters. The molecule has 0 saturated heterocycles. The number of hydrogen-bond acceptors (Lipinski definition) is 3. The molecule has 0 radical (unpaired) electrons. The Kier molecular flexibility index (Phi) is 3.40. The van der Waals surface area contributed by atoms with E-state index in [2.05, 4.69) is 83.2 Å². The Hall–Kier alpha value is -2.31. The van der Waals surface area contributed by atoms with E-state index in [1.165, 1.54) is 45.9 Å². The Bertz CT molecular complexity index is 1280. The van der Waals surface area contributed by atoms with Crippen molar-refractivity contribution >= 4 is 43.3 Å². The summed E-state index contributed by atoms with van der Waals surface area (Å²) in [4.78, 5) is 0. The number of nitrogens with one attached hydrogen (secondary N) is 2. The van der Waals surface area contributed by atoms with Crippen LogP contribution in [0.3, 0.4) is 0 Å². The Morgan fingerprint density at radius 2 is 2.07 bits per heavy atom. The van der Waals surface area contributed by atoms with Gasteiger partial charge < -0.3 is 14.3 Å². The molecule has 136 valence electrons. The number of rotatable bonds is 4. The SMILES string of the molecule is Brc1ccc2c(c1)n1c(CNCC3CC3)cc3cccc(c4n2CNN=4)c31. The molecule has 2 aromatic carbocycles. The van der Waals surface area contributed by atoms with Crippen molar-refractivity contribution in [1.82, 2.24) is 19.7 Å². The quantitative estimate of drug-likeness (QED) is 0.527. The first-order valence-electron chi connectivity index (χ1n) is 9.52. The van der Waals surface area contributed by atoms with Crippen LogP contribution in [0.15, 0.2) is 52.0 Å². The van der Waals surface area contributed by atoms with Crippen LogP contribution in [0.25, 0.3) is 27.3 Å². The molecule has 1 aliphatic carbocycles. The second-order valence-corrected chi connectivity index (χ2v) is 8.52. The third-order valence-corrected chi connectivity index (χ3v) is 6.21. The molecular weight excluding hydrogens is 402 g/mol. The average Bonchev–Trinajstić information content (AvgIpc) is 3.25.